The number of nitrogens with one attached hydrogen (secondary N) is 1. The Balaban J connectivity index is 1.63. The average Bonchev–Trinajstić information content (AvgIpc) is 3.07. The Kier molecular flexibility index (Phi) is 6.34. The van der Waals surface area contributed by atoms with Crippen LogP contribution in [0.2, 0.25) is 0 Å². The minimum Gasteiger partial charge on any atom is -0.442 e. The molecule has 2 aliphatic rings. The summed E-state index contributed by atoms with van der Waals surface area (Å²) in [7, 11) is 0. The molecule has 0 spiro atoms. The molecule has 2 heterocycles. The zero-order chi connectivity index (χ0) is 21.0. The van der Waals surface area contributed by atoms with Gasteiger partial charge < -0.3 is 20.7 Å². The number of nitrogens with zero attached hydrogens (tertiary/aromatic N) is 3. The molecule has 2 fully saturated rings. The third kappa shape index (κ3) is 4.84. The number of nitrogens with two attached hydrogens (primary N) is 1. The van der Waals surface area contributed by atoms with Gasteiger partial charge in [0.05, 0.1) is 36.6 Å². The molecule has 3 N–H and O–H groups in total. The largest absolute Gasteiger partial charge is 0.442 e. The van der Waals surface area contributed by atoms with Crippen LogP contribution in [0.15, 0.2) is 29.8 Å². The highest BCUT2D eigenvalue weighted by atomic mass is 19.1. The van der Waals surface area contributed by atoms with Crippen molar-refractivity contribution in [3.63, 3.8) is 0 Å². The van der Waals surface area contributed by atoms with Crippen LogP contribution < -0.4 is 20.9 Å². The van der Waals surface area contributed by atoms with Crippen molar-refractivity contribution in [2.75, 3.05) is 36.0 Å². The fourth-order valence-corrected chi connectivity index (χ4v) is 3.40. The number of amides is 2. The van der Waals surface area contributed by atoms with Gasteiger partial charge in [-0.3, -0.25) is 9.69 Å². The number of anilines is 2. The van der Waals surface area contributed by atoms with E-state index >= 15 is 0 Å². The number of allylic oxidation sites excluding steroid dienone is 1. The van der Waals surface area contributed by atoms with Gasteiger partial charge in [0.1, 0.15) is 11.9 Å². The maximum absolute atomic E-state index is 14.7. The van der Waals surface area contributed by atoms with Gasteiger partial charge in [-0.1, -0.05) is 5.57 Å². The van der Waals surface area contributed by atoms with E-state index in [4.69, 9.17) is 15.7 Å². The highest BCUT2D eigenvalue weighted by Crippen LogP contribution is 2.30. The van der Waals surface area contributed by atoms with E-state index in [0.717, 1.165) is 18.4 Å². The van der Waals surface area contributed by atoms with Gasteiger partial charge in [0.25, 0.3) is 0 Å². The number of carbonyl (C=O) groups is 2. The molecule has 0 aromatic heterocycles. The number of nitriles is 1. The fourth-order valence-electron chi connectivity index (χ4n) is 3.40. The summed E-state index contributed by atoms with van der Waals surface area (Å²) in [6, 6.07) is 6.05. The molecule has 1 aromatic carbocycles. The second-order valence-electron chi connectivity index (χ2n) is 7.20. The summed E-state index contributed by atoms with van der Waals surface area (Å²) in [5.41, 5.74) is 7.43. The van der Waals surface area contributed by atoms with Crippen LogP contribution in [-0.2, 0) is 9.53 Å². The highest BCUT2D eigenvalue weighted by molar-refractivity contribution is 5.90. The van der Waals surface area contributed by atoms with Crippen molar-refractivity contribution in [1.82, 2.24) is 5.32 Å². The number of halogens is 1. The molecule has 154 valence electrons. The molecule has 9 heteroatoms. The molecule has 2 aliphatic heterocycles. The number of hydrogen-bond acceptors (Lipinski definition) is 6. The Bertz CT molecular complexity index is 854. The van der Waals surface area contributed by atoms with Crippen molar-refractivity contribution in [1.29, 1.82) is 5.26 Å². The average molecular weight is 401 g/mol. The van der Waals surface area contributed by atoms with Crippen LogP contribution in [0.5, 0.6) is 0 Å². The molecule has 0 bridgehead atoms. The van der Waals surface area contributed by atoms with Crippen molar-refractivity contribution in [3.8, 4) is 6.07 Å². The lowest BCUT2D eigenvalue weighted by Crippen LogP contribution is -2.42. The molecule has 0 saturated carbocycles. The van der Waals surface area contributed by atoms with E-state index < -0.39 is 24.1 Å². The van der Waals surface area contributed by atoms with Crippen molar-refractivity contribution in [3.05, 3.63) is 35.7 Å². The standard InChI is InChI=1S/C20H24FN5O3/c1-13(23)19(27)24-11-16-12-26(20(28)29-16)15-2-3-18(17(21)10-15)25-8-5-14(4-7-22)6-9-25/h2-4,10,13,16H,5-6,8-9,11-12,23H2,1H3,(H,24,27)/t13-,16-/m0/s1. The summed E-state index contributed by atoms with van der Waals surface area (Å²) in [6.45, 7) is 3.20. The number of benzene rings is 1. The van der Waals surface area contributed by atoms with Gasteiger partial charge in [0.15, 0.2) is 0 Å². The monoisotopic (exact) mass is 401 g/mol. The van der Waals surface area contributed by atoms with Crippen LogP contribution in [-0.4, -0.2) is 50.3 Å². The molecular weight excluding hydrogens is 377 g/mol. The Labute approximate surface area is 168 Å². The van der Waals surface area contributed by atoms with Crippen molar-refractivity contribution in [2.24, 2.45) is 5.73 Å². The van der Waals surface area contributed by atoms with E-state index in [0.29, 0.717) is 24.5 Å². The molecule has 2 saturated heterocycles. The number of carbonyl (C=O) groups excluding carboxylic acids is 2. The molecule has 0 unspecified atom stereocenters. The molecule has 3 rings (SSSR count). The van der Waals surface area contributed by atoms with Gasteiger partial charge in [-0.15, -0.1) is 0 Å². The quantitative estimate of drug-likeness (QED) is 0.726. The number of hydrogen-bond donors (Lipinski definition) is 2. The van der Waals surface area contributed by atoms with E-state index in [9.17, 15) is 14.0 Å². The molecular formula is C20H24FN5O3. The lowest BCUT2D eigenvalue weighted by molar-refractivity contribution is -0.122. The predicted octanol–water partition coefficient (Wildman–Crippen LogP) is 1.66. The minimum atomic E-state index is -0.647. The normalized spacial score (nSPS) is 20.1. The Hall–Kier alpha value is -3.12. The Morgan fingerprint density at radius 2 is 2.21 bits per heavy atom. The predicted molar refractivity (Wildman–Crippen MR) is 106 cm³/mol. The molecule has 0 aliphatic carbocycles. The summed E-state index contributed by atoms with van der Waals surface area (Å²) in [4.78, 5) is 27.0. The van der Waals surface area contributed by atoms with Crippen LogP contribution in [0.3, 0.4) is 0 Å². The summed E-state index contributed by atoms with van der Waals surface area (Å²) >= 11 is 0. The molecule has 29 heavy (non-hydrogen) atoms. The highest BCUT2D eigenvalue weighted by Gasteiger charge is 2.33. The number of cyclic esters (lactones) is 1. The van der Waals surface area contributed by atoms with Gasteiger partial charge >= 0.3 is 6.09 Å². The number of piperidine rings is 1. The fraction of sp³-hybridized carbons (Fsp3) is 0.450. The lowest BCUT2D eigenvalue weighted by atomic mass is 10.0. The van der Waals surface area contributed by atoms with Crippen LogP contribution in [0, 0.1) is 17.1 Å². The van der Waals surface area contributed by atoms with Crippen LogP contribution in [0.1, 0.15) is 19.8 Å². The molecule has 2 amide bonds. The van der Waals surface area contributed by atoms with Crippen LogP contribution in [0.4, 0.5) is 20.6 Å². The van der Waals surface area contributed by atoms with Crippen LogP contribution >= 0.6 is 0 Å². The summed E-state index contributed by atoms with van der Waals surface area (Å²) in [5.74, 6) is -0.749. The van der Waals surface area contributed by atoms with Crippen molar-refractivity contribution in [2.45, 2.75) is 31.9 Å². The molecule has 0 radical (unpaired) electrons. The number of rotatable bonds is 5. The first-order valence-electron chi connectivity index (χ1n) is 9.52. The zero-order valence-corrected chi connectivity index (χ0v) is 16.2. The number of ether oxygens (including phenoxy) is 1. The van der Waals surface area contributed by atoms with Gasteiger partial charge in [-0.25, -0.2) is 9.18 Å². The van der Waals surface area contributed by atoms with E-state index in [-0.39, 0.29) is 19.0 Å². The minimum absolute atomic E-state index is 0.148. The van der Waals surface area contributed by atoms with Crippen molar-refractivity contribution < 1.29 is 18.7 Å². The molecule has 1 aromatic rings. The smallest absolute Gasteiger partial charge is 0.414 e. The summed E-state index contributed by atoms with van der Waals surface area (Å²) < 4.78 is 20.0. The third-order valence-electron chi connectivity index (χ3n) is 5.05. The molecule has 8 nitrogen and oxygen atoms in total. The van der Waals surface area contributed by atoms with Gasteiger partial charge in [-0.2, -0.15) is 5.26 Å². The van der Waals surface area contributed by atoms with E-state index in [2.05, 4.69) is 5.32 Å². The third-order valence-corrected chi connectivity index (χ3v) is 5.05. The van der Waals surface area contributed by atoms with E-state index in [1.807, 2.05) is 11.0 Å². The van der Waals surface area contributed by atoms with E-state index in [1.165, 1.54) is 11.0 Å². The summed E-state index contributed by atoms with van der Waals surface area (Å²) in [5, 5.41) is 11.4. The Morgan fingerprint density at radius 3 is 2.83 bits per heavy atom. The second-order valence-corrected chi connectivity index (χ2v) is 7.20. The maximum atomic E-state index is 14.7. The van der Waals surface area contributed by atoms with Gasteiger partial charge in [0.2, 0.25) is 5.91 Å². The van der Waals surface area contributed by atoms with Crippen LogP contribution in [0.25, 0.3) is 0 Å². The SMILES string of the molecule is C[C@H](N)C(=O)NC[C@H]1CN(c2ccc(N3CCC(=CC#N)CC3)c(F)c2)C(=O)O1. The van der Waals surface area contributed by atoms with Gasteiger partial charge in [0, 0.05) is 19.2 Å². The first-order valence-corrected chi connectivity index (χ1v) is 9.52. The summed E-state index contributed by atoms with van der Waals surface area (Å²) in [6.07, 6.45) is 1.90. The first kappa shape index (κ1) is 20.6. The van der Waals surface area contributed by atoms with Crippen molar-refractivity contribution >= 4 is 23.4 Å². The Morgan fingerprint density at radius 1 is 1.48 bits per heavy atom. The lowest BCUT2D eigenvalue weighted by Gasteiger charge is -2.30. The zero-order valence-electron chi connectivity index (χ0n) is 16.2. The first-order chi connectivity index (χ1) is 13.9. The topological polar surface area (TPSA) is 112 Å². The second kappa shape index (κ2) is 8.92. The van der Waals surface area contributed by atoms with E-state index in [1.54, 1.807) is 25.1 Å². The molecule has 2 atom stereocenters. The van der Waals surface area contributed by atoms with Gasteiger partial charge in [-0.05, 0) is 38.0 Å². The maximum Gasteiger partial charge on any atom is 0.414 e.